The molecule has 0 saturated carbocycles. The van der Waals surface area contributed by atoms with E-state index in [0.29, 0.717) is 5.92 Å². The summed E-state index contributed by atoms with van der Waals surface area (Å²) in [5.74, 6) is 0.506. The van der Waals surface area contributed by atoms with Crippen LogP contribution in [-0.4, -0.2) is 7.05 Å². The van der Waals surface area contributed by atoms with Gasteiger partial charge in [-0.15, -0.1) is 0 Å². The summed E-state index contributed by atoms with van der Waals surface area (Å²) in [6.07, 6.45) is 26.2. The van der Waals surface area contributed by atoms with Gasteiger partial charge >= 0.3 is 0 Å². The Hall–Kier alpha value is -5.14. The van der Waals surface area contributed by atoms with E-state index in [1.807, 2.05) is 0 Å². The molecule has 1 heteroatoms. The normalized spacial score (nSPS) is 18.0. The molecule has 0 bridgehead atoms. The van der Waals surface area contributed by atoms with Crippen molar-refractivity contribution in [1.29, 1.82) is 0 Å². The monoisotopic (exact) mass is 874 g/mol. The predicted octanol–water partition coefficient (Wildman–Crippen LogP) is 19.2. The lowest BCUT2D eigenvalue weighted by Crippen LogP contribution is -2.26. The van der Waals surface area contributed by atoms with Gasteiger partial charge in [0.2, 0.25) is 0 Å². The molecule has 0 radical (unpaired) electrons. The van der Waals surface area contributed by atoms with Gasteiger partial charge in [-0.25, -0.2) is 0 Å². The molecular weight excluding hydrogens is 795 g/mol. The SMILES string of the molecule is CCCCCCCCC1(CCCCCC)c2ccccc2-c2ccc(N(C)C3=CC(C)=C(c4ccc(C5=CC(CC)=C(c6ccc(-c7ccc(C)cc7C)cc6)CC5CC)cc4)CC3)cc21. The number of fused-ring (bicyclic) bond motifs is 3. The molecule has 344 valence electrons. The molecule has 2 atom stereocenters. The Morgan fingerprint density at radius 1 is 0.545 bits per heavy atom. The van der Waals surface area contributed by atoms with E-state index in [0.717, 1.165) is 32.1 Å². The number of nitrogens with zero attached hydrogens (tertiary/aromatic N) is 1. The zero-order chi connectivity index (χ0) is 46.2. The molecule has 0 amide bonds. The molecule has 1 nitrogen and oxygen atoms in total. The summed E-state index contributed by atoms with van der Waals surface area (Å²) < 4.78 is 0. The van der Waals surface area contributed by atoms with Crippen LogP contribution in [0.1, 0.15) is 183 Å². The Morgan fingerprint density at radius 3 is 1.82 bits per heavy atom. The van der Waals surface area contributed by atoms with Crippen molar-refractivity contribution in [2.75, 3.05) is 11.9 Å². The zero-order valence-electron chi connectivity index (χ0n) is 42.1. The van der Waals surface area contributed by atoms with Gasteiger partial charge in [-0.1, -0.05) is 201 Å². The zero-order valence-corrected chi connectivity index (χ0v) is 42.1. The van der Waals surface area contributed by atoms with E-state index in [1.165, 1.54) is 166 Å². The number of anilines is 1. The molecule has 0 spiro atoms. The average Bonchev–Trinajstić information content (AvgIpc) is 3.62. The van der Waals surface area contributed by atoms with Crippen LogP contribution in [0.3, 0.4) is 0 Å². The number of allylic oxidation sites excluding steroid dienone is 8. The first kappa shape index (κ1) is 47.4. The highest BCUT2D eigenvalue weighted by Gasteiger charge is 2.42. The third-order valence-corrected chi connectivity index (χ3v) is 15.9. The molecule has 0 N–H and O–H groups in total. The van der Waals surface area contributed by atoms with Crippen molar-refractivity contribution in [1.82, 2.24) is 0 Å². The van der Waals surface area contributed by atoms with E-state index in [2.05, 4.69) is 182 Å². The minimum absolute atomic E-state index is 0.104. The highest BCUT2D eigenvalue weighted by atomic mass is 15.1. The third-order valence-electron chi connectivity index (χ3n) is 15.9. The van der Waals surface area contributed by atoms with E-state index < -0.39 is 0 Å². The minimum atomic E-state index is 0.104. The van der Waals surface area contributed by atoms with Crippen molar-refractivity contribution >= 4 is 22.4 Å². The summed E-state index contributed by atoms with van der Waals surface area (Å²) >= 11 is 0. The highest BCUT2D eigenvalue weighted by Crippen LogP contribution is 2.55. The largest absolute Gasteiger partial charge is 0.348 e. The first-order chi connectivity index (χ1) is 32.2. The van der Waals surface area contributed by atoms with Crippen molar-refractivity contribution < 1.29 is 0 Å². The second kappa shape index (κ2) is 21.7. The predicted molar refractivity (Wildman–Crippen MR) is 289 cm³/mol. The fourth-order valence-corrected chi connectivity index (χ4v) is 12.1. The molecule has 0 fully saturated rings. The quantitative estimate of drug-likeness (QED) is 0.0704. The van der Waals surface area contributed by atoms with Crippen LogP contribution in [0.4, 0.5) is 5.69 Å². The van der Waals surface area contributed by atoms with E-state index in [4.69, 9.17) is 0 Å². The average molecular weight is 874 g/mol. The number of rotatable bonds is 20. The molecule has 5 aromatic carbocycles. The Kier molecular flexibility index (Phi) is 15.5. The summed E-state index contributed by atoms with van der Waals surface area (Å²) in [6, 6.07) is 42.7. The lowest BCUT2D eigenvalue weighted by atomic mass is 9.70. The summed E-state index contributed by atoms with van der Waals surface area (Å²) in [6.45, 7) is 16.1. The minimum Gasteiger partial charge on any atom is -0.348 e. The number of unbranched alkanes of at least 4 members (excludes halogenated alkanes) is 8. The molecule has 0 heterocycles. The third kappa shape index (κ3) is 9.93. The van der Waals surface area contributed by atoms with Gasteiger partial charge in [0.15, 0.2) is 0 Å². The first-order valence-electron chi connectivity index (χ1n) is 26.3. The van der Waals surface area contributed by atoms with Crippen molar-refractivity contribution in [2.45, 2.75) is 163 Å². The van der Waals surface area contributed by atoms with Crippen LogP contribution in [0.25, 0.3) is 39.0 Å². The molecule has 66 heavy (non-hydrogen) atoms. The molecule has 0 saturated heterocycles. The van der Waals surface area contributed by atoms with Gasteiger partial charge in [-0.05, 0) is 173 Å². The van der Waals surface area contributed by atoms with Gasteiger partial charge in [0.25, 0.3) is 0 Å². The first-order valence-corrected chi connectivity index (χ1v) is 26.3. The standard InChI is InChI=1S/C65H79N/c1-9-13-15-17-18-22-40-65(39-21-16-14-10-2)63-24-20-19-23-59(63)60-38-35-56(45-64(60)65)66(8)55-34-37-58(48(7)42-55)52-28-32-54(33-29-52)62-44-49(11-3)61(43-50(62)12-4)53-30-26-51(27-31-53)57-36-25-46(5)41-47(57)6/h19-20,23-33,35-36,38,41-42,44-45,50H,9-18,21-22,34,37,39-40,43H2,1-8H3. The van der Waals surface area contributed by atoms with Crippen LogP contribution in [0.5, 0.6) is 0 Å². The van der Waals surface area contributed by atoms with Crippen molar-refractivity contribution in [2.24, 2.45) is 5.92 Å². The van der Waals surface area contributed by atoms with Gasteiger partial charge < -0.3 is 4.90 Å². The Bertz CT molecular complexity index is 2590. The molecular formula is C65H79N. The maximum absolute atomic E-state index is 2.61. The second-order valence-electron chi connectivity index (χ2n) is 20.3. The van der Waals surface area contributed by atoms with Gasteiger partial charge in [-0.3, -0.25) is 0 Å². The number of hydrogen-bond donors (Lipinski definition) is 0. The molecule has 0 aromatic heterocycles. The summed E-state index contributed by atoms with van der Waals surface area (Å²) in [7, 11) is 2.31. The fraction of sp³-hybridized carbons (Fsp3) is 0.415. The highest BCUT2D eigenvalue weighted by molar-refractivity contribution is 5.85. The Balaban J connectivity index is 1.02. The maximum atomic E-state index is 2.61. The van der Waals surface area contributed by atoms with Crippen molar-refractivity contribution in [3.63, 3.8) is 0 Å². The summed E-state index contributed by atoms with van der Waals surface area (Å²) in [4.78, 5) is 2.51. The fourth-order valence-electron chi connectivity index (χ4n) is 12.1. The number of aryl methyl sites for hydroxylation is 2. The van der Waals surface area contributed by atoms with Gasteiger partial charge in [0.05, 0.1) is 0 Å². The van der Waals surface area contributed by atoms with Crippen LogP contribution in [0.2, 0.25) is 0 Å². The maximum Gasteiger partial charge on any atom is 0.0409 e. The molecule has 8 rings (SSSR count). The van der Waals surface area contributed by atoms with Gasteiger partial charge in [0, 0.05) is 23.8 Å². The van der Waals surface area contributed by atoms with E-state index in [-0.39, 0.29) is 5.41 Å². The van der Waals surface area contributed by atoms with Crippen molar-refractivity contribution in [3.05, 3.63) is 177 Å². The summed E-state index contributed by atoms with van der Waals surface area (Å²) in [5, 5.41) is 0. The molecule has 0 aliphatic heterocycles. The Morgan fingerprint density at radius 2 is 1.15 bits per heavy atom. The smallest absolute Gasteiger partial charge is 0.0409 e. The van der Waals surface area contributed by atoms with E-state index in [1.54, 1.807) is 11.1 Å². The topological polar surface area (TPSA) is 3.24 Å². The van der Waals surface area contributed by atoms with Gasteiger partial charge in [0.1, 0.15) is 0 Å². The van der Waals surface area contributed by atoms with Crippen LogP contribution in [0.15, 0.2) is 138 Å². The van der Waals surface area contributed by atoms with Crippen molar-refractivity contribution in [3.8, 4) is 22.3 Å². The number of benzene rings is 5. The lowest BCUT2D eigenvalue weighted by molar-refractivity contribution is 0.399. The molecule has 3 aliphatic rings. The van der Waals surface area contributed by atoms with Crippen LogP contribution in [-0.2, 0) is 5.41 Å². The summed E-state index contributed by atoms with van der Waals surface area (Å²) in [5.41, 5.74) is 25.8. The van der Waals surface area contributed by atoms with E-state index in [9.17, 15) is 0 Å². The molecule has 2 unspecified atom stereocenters. The van der Waals surface area contributed by atoms with Crippen LogP contribution in [0, 0.1) is 19.8 Å². The van der Waals surface area contributed by atoms with Crippen LogP contribution >= 0.6 is 0 Å². The number of hydrogen-bond acceptors (Lipinski definition) is 1. The second-order valence-corrected chi connectivity index (χ2v) is 20.3. The lowest BCUT2D eigenvalue weighted by Gasteiger charge is -2.34. The van der Waals surface area contributed by atoms with Crippen LogP contribution < -0.4 is 4.90 Å². The molecule has 5 aromatic rings. The molecule has 3 aliphatic carbocycles. The Labute approximate surface area is 400 Å². The van der Waals surface area contributed by atoms with E-state index >= 15 is 0 Å². The van der Waals surface area contributed by atoms with Gasteiger partial charge in [-0.2, -0.15) is 0 Å².